The number of nitrogen functional groups attached to an aromatic ring is 1. The molecule has 1 unspecified atom stereocenters. The fourth-order valence-corrected chi connectivity index (χ4v) is 3.15. The van der Waals surface area contributed by atoms with E-state index in [1.807, 2.05) is 0 Å². The van der Waals surface area contributed by atoms with E-state index in [1.165, 1.54) is 32.1 Å². The van der Waals surface area contributed by atoms with Gasteiger partial charge in [-0.15, -0.1) is 0 Å². The van der Waals surface area contributed by atoms with Crippen LogP contribution in [0.2, 0.25) is 0 Å². The average molecular weight is 263 g/mol. The zero-order valence-electron chi connectivity index (χ0n) is 11.4. The summed E-state index contributed by atoms with van der Waals surface area (Å²) in [5.74, 6) is 1.85. The topological polar surface area (TPSA) is 67.5 Å². The Morgan fingerprint density at radius 3 is 3.00 bits per heavy atom. The standard InChI is InChI=1S/C13H21N5O/c1-19-11-12(14)15-9-16-13(11)18-7-6-17-5-3-2-4-10(17)8-18/h9-10H,2-8H2,1H3,(H2,14,15,16). The number of piperazine rings is 1. The van der Waals surface area contributed by atoms with E-state index in [0.717, 1.165) is 25.5 Å². The van der Waals surface area contributed by atoms with Crippen LogP contribution in [0.1, 0.15) is 19.3 Å². The summed E-state index contributed by atoms with van der Waals surface area (Å²) >= 11 is 0. The van der Waals surface area contributed by atoms with Crippen molar-refractivity contribution < 1.29 is 4.74 Å². The molecule has 0 spiro atoms. The van der Waals surface area contributed by atoms with Crippen LogP contribution in [0.4, 0.5) is 11.6 Å². The summed E-state index contributed by atoms with van der Waals surface area (Å²) in [5.41, 5.74) is 5.86. The number of aromatic nitrogens is 2. The van der Waals surface area contributed by atoms with Crippen molar-refractivity contribution in [3.8, 4) is 5.75 Å². The van der Waals surface area contributed by atoms with E-state index in [9.17, 15) is 0 Å². The predicted octanol–water partition coefficient (Wildman–Crippen LogP) is 0.742. The Labute approximate surface area is 113 Å². The number of rotatable bonds is 2. The molecular formula is C13H21N5O. The number of methoxy groups -OCH3 is 1. The molecule has 0 aliphatic carbocycles. The third-order valence-corrected chi connectivity index (χ3v) is 4.15. The van der Waals surface area contributed by atoms with Gasteiger partial charge in [-0.25, -0.2) is 9.97 Å². The van der Waals surface area contributed by atoms with Crippen LogP contribution in [-0.2, 0) is 0 Å². The quantitative estimate of drug-likeness (QED) is 0.849. The Bertz CT molecular complexity index is 453. The van der Waals surface area contributed by atoms with E-state index in [1.54, 1.807) is 7.11 Å². The van der Waals surface area contributed by atoms with E-state index in [-0.39, 0.29) is 0 Å². The first-order valence-corrected chi connectivity index (χ1v) is 6.93. The smallest absolute Gasteiger partial charge is 0.204 e. The molecule has 1 aromatic rings. The Kier molecular flexibility index (Phi) is 3.42. The molecule has 19 heavy (non-hydrogen) atoms. The zero-order chi connectivity index (χ0) is 13.2. The maximum atomic E-state index is 5.86. The van der Waals surface area contributed by atoms with Crippen molar-refractivity contribution in [3.63, 3.8) is 0 Å². The van der Waals surface area contributed by atoms with Gasteiger partial charge in [-0.05, 0) is 19.4 Å². The molecule has 104 valence electrons. The molecule has 3 rings (SSSR count). The first-order chi connectivity index (χ1) is 9.29. The number of hydrogen-bond acceptors (Lipinski definition) is 6. The largest absolute Gasteiger partial charge is 0.490 e. The highest BCUT2D eigenvalue weighted by molar-refractivity contribution is 5.62. The first kappa shape index (κ1) is 12.5. The molecule has 0 bridgehead atoms. The van der Waals surface area contributed by atoms with E-state index in [4.69, 9.17) is 10.5 Å². The molecule has 0 saturated carbocycles. The molecule has 2 N–H and O–H groups in total. The molecular weight excluding hydrogens is 242 g/mol. The molecule has 0 aromatic carbocycles. The maximum absolute atomic E-state index is 5.86. The van der Waals surface area contributed by atoms with Crippen LogP contribution in [0.25, 0.3) is 0 Å². The summed E-state index contributed by atoms with van der Waals surface area (Å²) in [5, 5.41) is 0. The monoisotopic (exact) mass is 263 g/mol. The number of ether oxygens (including phenoxy) is 1. The molecule has 0 amide bonds. The van der Waals surface area contributed by atoms with E-state index in [2.05, 4.69) is 19.8 Å². The molecule has 6 nitrogen and oxygen atoms in total. The van der Waals surface area contributed by atoms with Gasteiger partial charge in [0.1, 0.15) is 6.33 Å². The van der Waals surface area contributed by atoms with Crippen LogP contribution in [-0.4, -0.2) is 54.2 Å². The van der Waals surface area contributed by atoms with Gasteiger partial charge in [-0.3, -0.25) is 4.90 Å². The van der Waals surface area contributed by atoms with Gasteiger partial charge in [0.05, 0.1) is 7.11 Å². The number of fused-ring (bicyclic) bond motifs is 1. The number of nitrogens with two attached hydrogens (primary N) is 1. The van der Waals surface area contributed by atoms with E-state index >= 15 is 0 Å². The highest BCUT2D eigenvalue weighted by atomic mass is 16.5. The molecule has 1 aromatic heterocycles. The SMILES string of the molecule is COc1c(N)ncnc1N1CCN2CCCCC2C1. The Morgan fingerprint density at radius 1 is 1.26 bits per heavy atom. The van der Waals surface area contributed by atoms with Crippen molar-refractivity contribution in [2.75, 3.05) is 43.9 Å². The lowest BCUT2D eigenvalue weighted by molar-refractivity contribution is 0.133. The van der Waals surface area contributed by atoms with Crippen LogP contribution >= 0.6 is 0 Å². The van der Waals surface area contributed by atoms with Crippen LogP contribution in [0.5, 0.6) is 5.75 Å². The highest BCUT2D eigenvalue weighted by Crippen LogP contribution is 2.32. The molecule has 3 heterocycles. The van der Waals surface area contributed by atoms with Gasteiger partial charge in [0.2, 0.25) is 5.75 Å². The zero-order valence-corrected chi connectivity index (χ0v) is 11.4. The van der Waals surface area contributed by atoms with Gasteiger partial charge in [0.15, 0.2) is 11.6 Å². The number of nitrogens with zero attached hydrogens (tertiary/aromatic N) is 4. The third-order valence-electron chi connectivity index (χ3n) is 4.15. The Morgan fingerprint density at radius 2 is 2.16 bits per heavy atom. The van der Waals surface area contributed by atoms with Gasteiger partial charge in [0, 0.05) is 25.7 Å². The number of anilines is 2. The van der Waals surface area contributed by atoms with Gasteiger partial charge in [0.25, 0.3) is 0 Å². The highest BCUT2D eigenvalue weighted by Gasteiger charge is 2.30. The lowest BCUT2D eigenvalue weighted by Gasteiger charge is -2.44. The minimum atomic E-state index is 0.415. The Hall–Kier alpha value is -1.56. The molecule has 2 aliphatic rings. The van der Waals surface area contributed by atoms with Gasteiger partial charge in [-0.1, -0.05) is 6.42 Å². The minimum absolute atomic E-state index is 0.415. The molecule has 0 radical (unpaired) electrons. The molecule has 1 atom stereocenters. The van der Waals surface area contributed by atoms with Gasteiger partial charge >= 0.3 is 0 Å². The summed E-state index contributed by atoms with van der Waals surface area (Å²) in [6.07, 6.45) is 5.46. The van der Waals surface area contributed by atoms with Crippen molar-refractivity contribution in [1.29, 1.82) is 0 Å². The van der Waals surface area contributed by atoms with Crippen molar-refractivity contribution in [1.82, 2.24) is 14.9 Å². The van der Waals surface area contributed by atoms with E-state index in [0.29, 0.717) is 17.6 Å². The van der Waals surface area contributed by atoms with Crippen LogP contribution < -0.4 is 15.4 Å². The van der Waals surface area contributed by atoms with Crippen molar-refractivity contribution in [2.45, 2.75) is 25.3 Å². The summed E-state index contributed by atoms with van der Waals surface area (Å²) in [6, 6.07) is 0.642. The van der Waals surface area contributed by atoms with Crippen LogP contribution in [0, 0.1) is 0 Å². The second kappa shape index (κ2) is 5.21. The fraction of sp³-hybridized carbons (Fsp3) is 0.692. The summed E-state index contributed by atoms with van der Waals surface area (Å²) in [4.78, 5) is 13.2. The molecule has 2 saturated heterocycles. The van der Waals surface area contributed by atoms with Crippen LogP contribution in [0.3, 0.4) is 0 Å². The minimum Gasteiger partial charge on any atom is -0.490 e. The lowest BCUT2D eigenvalue weighted by Crippen LogP contribution is -2.55. The fourth-order valence-electron chi connectivity index (χ4n) is 3.15. The average Bonchev–Trinajstić information content (AvgIpc) is 2.46. The number of piperidine rings is 1. The molecule has 6 heteroatoms. The van der Waals surface area contributed by atoms with Crippen molar-refractivity contribution in [3.05, 3.63) is 6.33 Å². The molecule has 2 aliphatic heterocycles. The predicted molar refractivity (Wildman–Crippen MR) is 74.4 cm³/mol. The summed E-state index contributed by atoms with van der Waals surface area (Å²) < 4.78 is 5.36. The first-order valence-electron chi connectivity index (χ1n) is 6.93. The van der Waals surface area contributed by atoms with Gasteiger partial charge < -0.3 is 15.4 Å². The normalized spacial score (nSPS) is 24.1. The maximum Gasteiger partial charge on any atom is 0.204 e. The van der Waals surface area contributed by atoms with Crippen molar-refractivity contribution in [2.24, 2.45) is 0 Å². The second-order valence-electron chi connectivity index (χ2n) is 5.25. The van der Waals surface area contributed by atoms with Gasteiger partial charge in [-0.2, -0.15) is 0 Å². The third kappa shape index (κ3) is 2.32. The number of hydrogen-bond donors (Lipinski definition) is 1. The van der Waals surface area contributed by atoms with Crippen LogP contribution in [0.15, 0.2) is 6.33 Å². The lowest BCUT2D eigenvalue weighted by atomic mass is 9.99. The Balaban J connectivity index is 1.81. The summed E-state index contributed by atoms with van der Waals surface area (Å²) in [7, 11) is 1.62. The molecule has 2 fully saturated rings. The van der Waals surface area contributed by atoms with Crippen molar-refractivity contribution >= 4 is 11.6 Å². The second-order valence-corrected chi connectivity index (χ2v) is 5.25. The summed E-state index contributed by atoms with van der Waals surface area (Å²) in [6.45, 7) is 4.31. The van der Waals surface area contributed by atoms with E-state index < -0.39 is 0 Å².